The van der Waals surface area contributed by atoms with Crippen LogP contribution in [0.5, 0.6) is 5.75 Å². The van der Waals surface area contributed by atoms with Gasteiger partial charge in [-0.3, -0.25) is 14.3 Å². The molecule has 4 heterocycles. The standard InChI is InChI=1S/C22H23FN6OS.C6H10O4/c1-13-20(17-4-3-14(23)9-18(17)30-2)21-19(31-13)11-25-22(28-21)27-15-10-26-29(12-15)16-5-7-24-8-6-16;7-5(8)3-1-2-4-6(9)10/h3-4,9-12,16,24H,5-8H2,1-2H3,(H,25,27,28);1-4H2,(H,7,8)(H,9,10). The predicted octanol–water partition coefficient (Wildman–Crippen LogP) is 5.40. The van der Waals surface area contributed by atoms with Crippen LogP contribution in [-0.2, 0) is 9.59 Å². The third-order valence-electron chi connectivity index (χ3n) is 6.61. The summed E-state index contributed by atoms with van der Waals surface area (Å²) in [4.78, 5) is 30.1. The van der Waals surface area contributed by atoms with Gasteiger partial charge in [0.2, 0.25) is 5.95 Å². The van der Waals surface area contributed by atoms with Gasteiger partial charge in [0.25, 0.3) is 0 Å². The number of nitrogens with zero attached hydrogens (tertiary/aromatic N) is 4. The van der Waals surface area contributed by atoms with Crippen molar-refractivity contribution in [1.29, 1.82) is 0 Å². The topological polar surface area (TPSA) is 151 Å². The number of aryl methyl sites for hydroxylation is 1. The number of thiophene rings is 1. The van der Waals surface area contributed by atoms with E-state index in [4.69, 9.17) is 19.9 Å². The number of methoxy groups -OCH3 is 1. The lowest BCUT2D eigenvalue weighted by Crippen LogP contribution is -2.29. The van der Waals surface area contributed by atoms with E-state index in [1.54, 1.807) is 30.7 Å². The minimum Gasteiger partial charge on any atom is -0.496 e. The number of fused-ring (bicyclic) bond motifs is 1. The Labute approximate surface area is 240 Å². The van der Waals surface area contributed by atoms with E-state index in [1.165, 1.54) is 12.1 Å². The second kappa shape index (κ2) is 14.0. The molecule has 1 aliphatic rings. The lowest BCUT2D eigenvalue weighted by molar-refractivity contribution is -0.139. The Bertz CT molecular complexity index is 1480. The number of carboxylic acids is 2. The van der Waals surface area contributed by atoms with Crippen LogP contribution in [0.1, 0.15) is 49.4 Å². The van der Waals surface area contributed by atoms with E-state index in [-0.39, 0.29) is 18.7 Å². The van der Waals surface area contributed by atoms with E-state index in [0.717, 1.165) is 57.8 Å². The van der Waals surface area contributed by atoms with Crippen molar-refractivity contribution in [2.45, 2.75) is 51.5 Å². The van der Waals surface area contributed by atoms with E-state index in [0.29, 0.717) is 30.6 Å². The summed E-state index contributed by atoms with van der Waals surface area (Å²) >= 11 is 1.61. The third kappa shape index (κ3) is 7.98. The summed E-state index contributed by atoms with van der Waals surface area (Å²) in [5, 5.41) is 27.4. The minimum atomic E-state index is -0.870. The molecule has 0 atom stereocenters. The zero-order chi connectivity index (χ0) is 29.4. The number of nitrogens with one attached hydrogen (secondary N) is 2. The van der Waals surface area contributed by atoms with Crippen molar-refractivity contribution in [2.75, 3.05) is 25.5 Å². The fourth-order valence-corrected chi connectivity index (χ4v) is 5.60. The largest absolute Gasteiger partial charge is 0.496 e. The van der Waals surface area contributed by atoms with Gasteiger partial charge in [-0.1, -0.05) is 0 Å². The first kappa shape index (κ1) is 29.9. The number of hydrogen-bond donors (Lipinski definition) is 4. The van der Waals surface area contributed by atoms with Crippen molar-refractivity contribution in [3.63, 3.8) is 0 Å². The van der Waals surface area contributed by atoms with Gasteiger partial charge in [-0.2, -0.15) is 5.10 Å². The quantitative estimate of drug-likeness (QED) is 0.178. The van der Waals surface area contributed by atoms with E-state index in [9.17, 15) is 14.0 Å². The molecule has 0 radical (unpaired) electrons. The van der Waals surface area contributed by atoms with Crippen LogP contribution < -0.4 is 15.4 Å². The molecule has 0 amide bonds. The first-order valence-electron chi connectivity index (χ1n) is 13.3. The average Bonchev–Trinajstić information content (AvgIpc) is 3.55. The molecule has 3 aromatic heterocycles. The Morgan fingerprint density at radius 3 is 2.54 bits per heavy atom. The highest BCUT2D eigenvalue weighted by atomic mass is 32.1. The van der Waals surface area contributed by atoms with Gasteiger partial charge in [0, 0.05) is 41.1 Å². The molecule has 218 valence electrons. The highest BCUT2D eigenvalue weighted by molar-refractivity contribution is 7.19. The monoisotopic (exact) mass is 584 g/mol. The molecule has 5 rings (SSSR count). The Kier molecular flexibility index (Phi) is 10.2. The van der Waals surface area contributed by atoms with Gasteiger partial charge in [-0.15, -0.1) is 11.3 Å². The Morgan fingerprint density at radius 1 is 1.17 bits per heavy atom. The zero-order valence-electron chi connectivity index (χ0n) is 22.9. The van der Waals surface area contributed by atoms with Gasteiger partial charge in [0.05, 0.1) is 41.4 Å². The lowest BCUT2D eigenvalue weighted by atomic mass is 10.0. The molecule has 11 nitrogen and oxygen atoms in total. The fraction of sp³-hybridized carbons (Fsp3) is 0.393. The maximum absolute atomic E-state index is 13.7. The second-order valence-corrected chi connectivity index (χ2v) is 10.9. The number of hydrogen-bond acceptors (Lipinski definition) is 9. The number of carbonyl (C=O) groups is 2. The highest BCUT2D eigenvalue weighted by Crippen LogP contribution is 2.41. The van der Waals surface area contributed by atoms with Crippen LogP contribution in [0.2, 0.25) is 0 Å². The van der Waals surface area contributed by atoms with E-state index in [1.807, 2.05) is 24.0 Å². The molecule has 0 saturated carbocycles. The molecule has 1 aromatic carbocycles. The van der Waals surface area contributed by atoms with Crippen molar-refractivity contribution in [3.05, 3.63) is 47.5 Å². The second-order valence-electron chi connectivity index (χ2n) is 9.59. The van der Waals surface area contributed by atoms with Crippen LogP contribution in [0, 0.1) is 12.7 Å². The third-order valence-corrected chi connectivity index (χ3v) is 7.64. The minimum absolute atomic E-state index is 0.0628. The van der Waals surface area contributed by atoms with Crippen LogP contribution in [0.15, 0.2) is 36.8 Å². The van der Waals surface area contributed by atoms with Gasteiger partial charge in [0.1, 0.15) is 11.6 Å². The first-order chi connectivity index (χ1) is 19.7. The lowest BCUT2D eigenvalue weighted by Gasteiger charge is -2.22. The van der Waals surface area contributed by atoms with Crippen molar-refractivity contribution in [1.82, 2.24) is 25.1 Å². The summed E-state index contributed by atoms with van der Waals surface area (Å²) in [6.07, 6.45) is 8.79. The van der Waals surface area contributed by atoms with Crippen LogP contribution in [0.4, 0.5) is 16.0 Å². The molecule has 0 spiro atoms. The summed E-state index contributed by atoms with van der Waals surface area (Å²) in [5.41, 5.74) is 3.42. The van der Waals surface area contributed by atoms with Crippen LogP contribution >= 0.6 is 11.3 Å². The predicted molar refractivity (Wildman–Crippen MR) is 154 cm³/mol. The maximum atomic E-state index is 13.7. The summed E-state index contributed by atoms with van der Waals surface area (Å²) in [6, 6.07) is 4.99. The molecular formula is C28H33FN6O5S. The molecule has 4 aromatic rings. The summed E-state index contributed by atoms with van der Waals surface area (Å²) in [6.45, 7) is 4.06. The molecule has 1 fully saturated rings. The van der Waals surface area contributed by atoms with Crippen molar-refractivity contribution >= 4 is 45.1 Å². The maximum Gasteiger partial charge on any atom is 0.303 e. The number of rotatable bonds is 10. The number of aromatic nitrogens is 4. The number of carboxylic acid groups (broad SMARTS) is 2. The average molecular weight is 585 g/mol. The van der Waals surface area contributed by atoms with Crippen LogP contribution in [-0.4, -0.2) is 62.1 Å². The van der Waals surface area contributed by atoms with Gasteiger partial charge in [-0.05, 0) is 57.8 Å². The highest BCUT2D eigenvalue weighted by Gasteiger charge is 2.19. The number of halogens is 1. The molecule has 13 heteroatoms. The van der Waals surface area contributed by atoms with Gasteiger partial charge in [0.15, 0.2) is 0 Å². The Balaban J connectivity index is 0.000000334. The summed E-state index contributed by atoms with van der Waals surface area (Å²) in [5.74, 6) is -1.09. The fourth-order valence-electron chi connectivity index (χ4n) is 4.61. The Morgan fingerprint density at radius 2 is 1.88 bits per heavy atom. The van der Waals surface area contributed by atoms with Crippen molar-refractivity contribution in [3.8, 4) is 16.9 Å². The first-order valence-corrected chi connectivity index (χ1v) is 14.1. The summed E-state index contributed by atoms with van der Waals surface area (Å²) in [7, 11) is 1.55. The van der Waals surface area contributed by atoms with Crippen molar-refractivity contribution < 1.29 is 28.9 Å². The Hall–Kier alpha value is -4.10. The number of aliphatic carboxylic acids is 2. The zero-order valence-corrected chi connectivity index (χ0v) is 23.7. The molecule has 41 heavy (non-hydrogen) atoms. The number of ether oxygens (including phenoxy) is 1. The number of anilines is 2. The molecule has 0 bridgehead atoms. The van der Waals surface area contributed by atoms with E-state index >= 15 is 0 Å². The molecule has 1 saturated heterocycles. The van der Waals surface area contributed by atoms with Crippen molar-refractivity contribution in [2.24, 2.45) is 0 Å². The number of benzene rings is 1. The molecular weight excluding hydrogens is 551 g/mol. The number of unbranched alkanes of at least 4 members (excludes halogenated alkanes) is 1. The normalized spacial score (nSPS) is 13.4. The van der Waals surface area contributed by atoms with Crippen LogP contribution in [0.25, 0.3) is 21.3 Å². The molecule has 0 aliphatic carbocycles. The molecule has 0 unspecified atom stereocenters. The molecule has 4 N–H and O–H groups in total. The summed E-state index contributed by atoms with van der Waals surface area (Å²) < 4.78 is 22.1. The number of piperidine rings is 1. The molecule has 1 aliphatic heterocycles. The van der Waals surface area contributed by atoms with Gasteiger partial charge < -0.3 is 25.6 Å². The van der Waals surface area contributed by atoms with E-state index in [2.05, 4.69) is 20.7 Å². The van der Waals surface area contributed by atoms with Gasteiger partial charge in [-0.25, -0.2) is 14.4 Å². The van der Waals surface area contributed by atoms with Gasteiger partial charge >= 0.3 is 11.9 Å². The van der Waals surface area contributed by atoms with Crippen LogP contribution in [0.3, 0.4) is 0 Å². The van der Waals surface area contributed by atoms with E-state index < -0.39 is 11.9 Å². The SMILES string of the molecule is COc1cc(F)ccc1-c1c(C)sc2cnc(Nc3cnn(C4CCNCC4)c3)nc12.O=C(O)CCCCC(=O)O. The smallest absolute Gasteiger partial charge is 0.303 e.